The summed E-state index contributed by atoms with van der Waals surface area (Å²) in [6, 6.07) is 12.3. The molecular weight excluding hydrogens is 302 g/mol. The van der Waals surface area contributed by atoms with E-state index in [2.05, 4.69) is 23.2 Å². The average molecular weight is 321 g/mol. The first-order chi connectivity index (χ1) is 11.2. The van der Waals surface area contributed by atoms with E-state index in [9.17, 15) is 0 Å². The van der Waals surface area contributed by atoms with E-state index >= 15 is 0 Å². The van der Waals surface area contributed by atoms with Gasteiger partial charge in [0.05, 0.1) is 22.0 Å². The van der Waals surface area contributed by atoms with E-state index in [0.717, 1.165) is 42.1 Å². The lowest BCUT2D eigenvalue weighted by Crippen LogP contribution is -2.47. The third-order valence-electron chi connectivity index (χ3n) is 4.92. The highest BCUT2D eigenvalue weighted by Gasteiger charge is 2.44. The van der Waals surface area contributed by atoms with Gasteiger partial charge in [0.15, 0.2) is 0 Å². The summed E-state index contributed by atoms with van der Waals surface area (Å²) in [7, 11) is 0. The summed E-state index contributed by atoms with van der Waals surface area (Å²) in [5.41, 5.74) is 7.86. The second-order valence-electron chi connectivity index (χ2n) is 6.09. The van der Waals surface area contributed by atoms with Crippen LogP contribution in [-0.4, -0.2) is 9.97 Å². The van der Waals surface area contributed by atoms with Crippen LogP contribution in [0.1, 0.15) is 31.2 Å². The molecule has 0 amide bonds. The molecule has 1 fully saturated rings. The molecule has 3 rings (SSSR count). The number of para-hydroxylation sites is 1. The van der Waals surface area contributed by atoms with Crippen LogP contribution < -0.4 is 5.73 Å². The zero-order valence-corrected chi connectivity index (χ0v) is 13.7. The highest BCUT2D eigenvalue weighted by Crippen LogP contribution is 2.45. The van der Waals surface area contributed by atoms with Crippen LogP contribution in [0, 0.1) is 17.2 Å². The number of nitrogens with two attached hydrogens (primary N) is 1. The average Bonchev–Trinajstić information content (AvgIpc) is 2.59. The van der Waals surface area contributed by atoms with Crippen LogP contribution in [-0.2, 0) is 5.41 Å². The number of aromatic nitrogens is 1. The molecule has 1 saturated carbocycles. The molecule has 3 nitrogen and oxygen atoms in total. The molecule has 0 bridgehead atoms. The molecule has 0 radical (unpaired) electrons. The molecule has 2 N–H and O–H groups in total. The third kappa shape index (κ3) is 2.73. The van der Waals surface area contributed by atoms with Gasteiger partial charge >= 0.3 is 0 Å². The van der Waals surface area contributed by atoms with Gasteiger partial charge in [-0.15, -0.1) is 0 Å². The van der Waals surface area contributed by atoms with Gasteiger partial charge in [-0.1, -0.05) is 49.3 Å². The van der Waals surface area contributed by atoms with Crippen molar-refractivity contribution in [1.29, 1.82) is 5.26 Å². The molecule has 0 saturated heterocycles. The number of benzene rings is 1. The fourth-order valence-electron chi connectivity index (χ4n) is 3.74. The van der Waals surface area contributed by atoms with Crippen molar-refractivity contribution in [2.45, 2.75) is 31.1 Å². The van der Waals surface area contributed by atoms with E-state index in [4.69, 9.17) is 23.2 Å². The minimum Gasteiger partial charge on any atom is -0.393 e. The first-order valence-corrected chi connectivity index (χ1v) is 8.31. The van der Waals surface area contributed by atoms with Gasteiger partial charge in [-0.3, -0.25) is 4.98 Å². The number of pyridine rings is 1. The smallest absolute Gasteiger partial charge is 0.0908 e. The fourth-order valence-corrected chi connectivity index (χ4v) is 4.11. The number of hydrogen-bond donors (Lipinski definition) is 1. The largest absolute Gasteiger partial charge is 0.393 e. The molecule has 4 heteroatoms. The molecule has 1 heterocycles. The van der Waals surface area contributed by atoms with E-state index in [1.807, 2.05) is 30.5 Å². The van der Waals surface area contributed by atoms with E-state index in [1.165, 1.54) is 0 Å². The summed E-state index contributed by atoms with van der Waals surface area (Å²) in [5.74, 6) is 0.149. The minimum atomic E-state index is -0.405. The number of thiocarbonyl (C=S) groups is 1. The second-order valence-corrected chi connectivity index (χ2v) is 6.53. The highest BCUT2D eigenvalue weighted by molar-refractivity contribution is 7.80. The van der Waals surface area contributed by atoms with Gasteiger partial charge in [0, 0.05) is 17.7 Å². The standard InChI is InChI=1S/C19H19N3S/c20-11-5-8-15-7-3-4-10-19(15,18(21)23)16-12-14-6-1-2-9-17(14)22-13-16/h1-2,5-6,8-9,12-13,15H,3-4,7,10H2,(H2,21,23). The summed E-state index contributed by atoms with van der Waals surface area (Å²) < 4.78 is 0. The van der Waals surface area contributed by atoms with Crippen molar-refractivity contribution < 1.29 is 0 Å². The van der Waals surface area contributed by atoms with Crippen LogP contribution in [0.2, 0.25) is 0 Å². The van der Waals surface area contributed by atoms with Crippen LogP contribution in [0.15, 0.2) is 48.7 Å². The highest BCUT2D eigenvalue weighted by atomic mass is 32.1. The maximum atomic E-state index is 8.90. The Morgan fingerprint density at radius 1 is 1.39 bits per heavy atom. The van der Waals surface area contributed by atoms with Gasteiger partial charge in [0.1, 0.15) is 0 Å². The molecule has 1 aromatic heterocycles. The monoisotopic (exact) mass is 321 g/mol. The van der Waals surface area contributed by atoms with Crippen LogP contribution in [0.4, 0.5) is 0 Å². The van der Waals surface area contributed by atoms with Crippen molar-refractivity contribution in [3.8, 4) is 6.07 Å². The second kappa shape index (κ2) is 6.47. The summed E-state index contributed by atoms with van der Waals surface area (Å²) in [6.07, 6.45) is 9.53. The molecule has 2 unspecified atom stereocenters. The van der Waals surface area contributed by atoms with Crippen molar-refractivity contribution in [1.82, 2.24) is 4.98 Å². The summed E-state index contributed by atoms with van der Waals surface area (Å²) in [5, 5.41) is 10.00. The molecule has 1 aliphatic carbocycles. The van der Waals surface area contributed by atoms with Crippen LogP contribution in [0.3, 0.4) is 0 Å². The lowest BCUT2D eigenvalue weighted by atomic mass is 9.62. The Balaban J connectivity index is 2.16. The Morgan fingerprint density at radius 3 is 3.00 bits per heavy atom. The van der Waals surface area contributed by atoms with Crippen LogP contribution in [0.25, 0.3) is 10.9 Å². The third-order valence-corrected chi connectivity index (χ3v) is 5.28. The Labute approximate surface area is 141 Å². The lowest BCUT2D eigenvalue weighted by molar-refractivity contribution is 0.303. The predicted molar refractivity (Wildman–Crippen MR) is 96.9 cm³/mol. The van der Waals surface area contributed by atoms with E-state index in [0.29, 0.717) is 4.99 Å². The van der Waals surface area contributed by atoms with Crippen LogP contribution >= 0.6 is 12.2 Å². The van der Waals surface area contributed by atoms with Crippen molar-refractivity contribution in [2.75, 3.05) is 0 Å². The fraction of sp³-hybridized carbons (Fsp3) is 0.316. The molecule has 0 aliphatic heterocycles. The normalized spacial score (nSPS) is 24.6. The van der Waals surface area contributed by atoms with Crippen molar-refractivity contribution >= 4 is 28.1 Å². The van der Waals surface area contributed by atoms with Gasteiger partial charge in [0.25, 0.3) is 0 Å². The number of rotatable bonds is 3. The number of fused-ring (bicyclic) bond motifs is 1. The maximum Gasteiger partial charge on any atom is 0.0908 e. The Hall–Kier alpha value is -2.25. The molecule has 2 aromatic rings. The van der Waals surface area contributed by atoms with Crippen LogP contribution in [0.5, 0.6) is 0 Å². The predicted octanol–water partition coefficient (Wildman–Crippen LogP) is 4.03. The lowest BCUT2D eigenvalue weighted by Gasteiger charge is -2.42. The van der Waals surface area contributed by atoms with Crippen molar-refractivity contribution in [2.24, 2.45) is 11.7 Å². The Kier molecular flexibility index (Phi) is 4.40. The topological polar surface area (TPSA) is 62.7 Å². The summed E-state index contributed by atoms with van der Waals surface area (Å²) >= 11 is 5.49. The van der Waals surface area contributed by atoms with Gasteiger partial charge < -0.3 is 5.73 Å². The van der Waals surface area contributed by atoms with Crippen molar-refractivity contribution in [3.05, 3.63) is 54.2 Å². The molecule has 1 aliphatic rings. The van der Waals surface area contributed by atoms with Gasteiger partial charge in [-0.2, -0.15) is 5.26 Å². The first kappa shape index (κ1) is 15.6. The van der Waals surface area contributed by atoms with Gasteiger partial charge in [0.2, 0.25) is 0 Å². The molecule has 0 spiro atoms. The SMILES string of the molecule is N#CC=CC1CCCCC1(C(N)=S)c1cnc2ccccc2c1. The molecule has 23 heavy (non-hydrogen) atoms. The molecule has 116 valence electrons. The first-order valence-electron chi connectivity index (χ1n) is 7.90. The number of nitriles is 1. The number of hydrogen-bond acceptors (Lipinski definition) is 3. The molecule has 2 atom stereocenters. The van der Waals surface area contributed by atoms with E-state index in [-0.39, 0.29) is 5.92 Å². The van der Waals surface area contributed by atoms with E-state index in [1.54, 1.807) is 6.08 Å². The summed E-state index contributed by atoms with van der Waals surface area (Å²) in [6.45, 7) is 0. The van der Waals surface area contributed by atoms with Gasteiger partial charge in [-0.25, -0.2) is 0 Å². The zero-order valence-electron chi connectivity index (χ0n) is 12.9. The zero-order chi connectivity index (χ0) is 16.3. The Bertz CT molecular complexity index is 806. The number of allylic oxidation sites excluding steroid dienone is 2. The van der Waals surface area contributed by atoms with E-state index < -0.39 is 5.41 Å². The number of nitrogens with zero attached hydrogens (tertiary/aromatic N) is 2. The van der Waals surface area contributed by atoms with Crippen molar-refractivity contribution in [3.63, 3.8) is 0 Å². The Morgan fingerprint density at radius 2 is 2.22 bits per heavy atom. The maximum absolute atomic E-state index is 8.90. The quantitative estimate of drug-likeness (QED) is 0.685. The van der Waals surface area contributed by atoms with Gasteiger partial charge in [-0.05, 0) is 36.5 Å². The molecule has 1 aromatic carbocycles. The summed E-state index contributed by atoms with van der Waals surface area (Å²) in [4.78, 5) is 5.10. The molecular formula is C19H19N3S. The minimum absolute atomic E-state index is 0.149.